The first-order valence-electron chi connectivity index (χ1n) is 15.1. The third kappa shape index (κ3) is 9.80. The maximum Gasteiger partial charge on any atom is 0.407 e. The van der Waals surface area contributed by atoms with Gasteiger partial charge in [-0.1, -0.05) is 78.9 Å². The van der Waals surface area contributed by atoms with Crippen LogP contribution < -0.4 is 10.6 Å². The number of nitrogens with one attached hydrogen (secondary N) is 2. The lowest BCUT2D eigenvalue weighted by atomic mass is 9.87. The highest BCUT2D eigenvalue weighted by molar-refractivity contribution is 5.95. The Morgan fingerprint density at radius 3 is 2.02 bits per heavy atom. The average Bonchev–Trinajstić information content (AvgIpc) is 3.05. The van der Waals surface area contributed by atoms with Gasteiger partial charge in [0.05, 0.1) is 24.7 Å². The monoisotopic (exact) mass is 617 g/mol. The van der Waals surface area contributed by atoms with Crippen LogP contribution in [-0.2, 0) is 33.7 Å². The van der Waals surface area contributed by atoms with Crippen LogP contribution in [0.5, 0.6) is 0 Å². The van der Waals surface area contributed by atoms with E-state index >= 15 is 0 Å². The van der Waals surface area contributed by atoms with E-state index in [0.717, 1.165) is 27.8 Å². The van der Waals surface area contributed by atoms with E-state index in [9.17, 15) is 19.6 Å². The van der Waals surface area contributed by atoms with E-state index in [2.05, 4.69) is 16.7 Å². The first-order chi connectivity index (χ1) is 22.0. The predicted octanol–water partition coefficient (Wildman–Crippen LogP) is 6.62. The molecule has 2 unspecified atom stereocenters. The Morgan fingerprint density at radius 1 is 0.783 bits per heavy atom. The normalized spacial score (nSPS) is 12.2. The van der Waals surface area contributed by atoms with E-state index in [0.29, 0.717) is 30.5 Å². The molecule has 2 N–H and O–H groups in total. The molecular weight excluding hydrogens is 578 g/mol. The van der Waals surface area contributed by atoms with Crippen LogP contribution in [0, 0.1) is 17.2 Å². The van der Waals surface area contributed by atoms with Crippen LogP contribution in [0.4, 0.5) is 4.79 Å². The second-order valence-electron chi connectivity index (χ2n) is 12.0. The molecule has 0 aliphatic carbocycles. The number of alkyl carbamates (subject to hydrolysis) is 1. The number of rotatable bonds is 11. The molecule has 236 valence electrons. The van der Waals surface area contributed by atoms with E-state index in [-0.39, 0.29) is 5.91 Å². The average molecular weight is 618 g/mol. The van der Waals surface area contributed by atoms with Gasteiger partial charge in [0.1, 0.15) is 5.60 Å². The van der Waals surface area contributed by atoms with Crippen molar-refractivity contribution >= 4 is 18.0 Å². The zero-order valence-corrected chi connectivity index (χ0v) is 26.6. The van der Waals surface area contributed by atoms with Gasteiger partial charge in [0, 0.05) is 18.2 Å². The molecule has 0 fully saturated rings. The van der Waals surface area contributed by atoms with Gasteiger partial charge < -0.3 is 20.1 Å². The van der Waals surface area contributed by atoms with E-state index in [1.807, 2.05) is 93.6 Å². The summed E-state index contributed by atoms with van der Waals surface area (Å²) < 4.78 is 10.5. The molecule has 0 radical (unpaired) electrons. The fourth-order valence-corrected chi connectivity index (χ4v) is 5.09. The van der Waals surface area contributed by atoms with Crippen LogP contribution in [0.1, 0.15) is 53.4 Å². The highest BCUT2D eigenvalue weighted by Gasteiger charge is 2.31. The Hall–Kier alpha value is -5.42. The van der Waals surface area contributed by atoms with Gasteiger partial charge in [-0.3, -0.25) is 9.59 Å². The summed E-state index contributed by atoms with van der Waals surface area (Å²) in [4.78, 5) is 38.6. The Bertz CT molecular complexity index is 1670. The van der Waals surface area contributed by atoms with Crippen LogP contribution in [0.3, 0.4) is 0 Å². The summed E-state index contributed by atoms with van der Waals surface area (Å²) in [5.74, 6) is -1.44. The third-order valence-corrected chi connectivity index (χ3v) is 7.39. The first kappa shape index (κ1) is 33.5. The molecule has 8 heteroatoms. The van der Waals surface area contributed by atoms with Crippen molar-refractivity contribution in [3.8, 4) is 17.2 Å². The Labute approximate surface area is 270 Å². The van der Waals surface area contributed by atoms with Gasteiger partial charge in [0.25, 0.3) is 5.91 Å². The summed E-state index contributed by atoms with van der Waals surface area (Å²) in [6.45, 7) is 5.79. The molecule has 0 spiro atoms. The van der Waals surface area contributed by atoms with Crippen molar-refractivity contribution in [3.63, 3.8) is 0 Å². The van der Waals surface area contributed by atoms with Crippen LogP contribution in [-0.4, -0.2) is 36.7 Å². The molecule has 0 heterocycles. The van der Waals surface area contributed by atoms with Crippen LogP contribution >= 0.6 is 0 Å². The van der Waals surface area contributed by atoms with Gasteiger partial charge in [-0.25, -0.2) is 4.79 Å². The molecule has 0 aliphatic heterocycles. The lowest BCUT2D eigenvalue weighted by Gasteiger charge is -2.27. The molecule has 2 amide bonds. The summed E-state index contributed by atoms with van der Waals surface area (Å²) >= 11 is 0. The maximum absolute atomic E-state index is 13.6. The lowest BCUT2D eigenvalue weighted by molar-refractivity contribution is -0.146. The first-order valence-corrected chi connectivity index (χ1v) is 15.1. The molecule has 0 aliphatic rings. The quantitative estimate of drug-likeness (QED) is 0.183. The van der Waals surface area contributed by atoms with Crippen LogP contribution in [0.2, 0.25) is 0 Å². The van der Waals surface area contributed by atoms with E-state index < -0.39 is 29.6 Å². The molecular formula is C38H39N3O5. The van der Waals surface area contributed by atoms with E-state index in [1.165, 1.54) is 7.11 Å². The van der Waals surface area contributed by atoms with Gasteiger partial charge in [-0.05, 0) is 85.7 Å². The molecule has 8 nitrogen and oxygen atoms in total. The maximum atomic E-state index is 13.6. The van der Waals surface area contributed by atoms with Crippen LogP contribution in [0.25, 0.3) is 11.1 Å². The lowest BCUT2D eigenvalue weighted by Crippen LogP contribution is -2.46. The number of amides is 2. The van der Waals surface area contributed by atoms with E-state index in [1.54, 1.807) is 30.3 Å². The van der Waals surface area contributed by atoms with Gasteiger partial charge in [0.15, 0.2) is 0 Å². The van der Waals surface area contributed by atoms with Crippen molar-refractivity contribution < 1.29 is 23.9 Å². The molecule has 4 aromatic rings. The second kappa shape index (κ2) is 15.5. The van der Waals surface area contributed by atoms with Crippen molar-refractivity contribution in [2.75, 3.05) is 7.11 Å². The Morgan fingerprint density at radius 2 is 1.41 bits per heavy atom. The highest BCUT2D eigenvalue weighted by Crippen LogP contribution is 2.23. The number of methoxy groups -OCH3 is 1. The van der Waals surface area contributed by atoms with Gasteiger partial charge in [-0.15, -0.1) is 0 Å². The molecule has 4 rings (SSSR count). The van der Waals surface area contributed by atoms with Gasteiger partial charge in [0.2, 0.25) is 0 Å². The van der Waals surface area contributed by atoms with Gasteiger partial charge >= 0.3 is 12.1 Å². The fraction of sp³-hybridized carbons (Fsp3) is 0.263. The number of benzene rings is 4. The summed E-state index contributed by atoms with van der Waals surface area (Å²) in [6.07, 6.45) is 0.238. The predicted molar refractivity (Wildman–Crippen MR) is 177 cm³/mol. The number of nitriles is 1. The van der Waals surface area contributed by atoms with Crippen molar-refractivity contribution in [1.82, 2.24) is 10.6 Å². The number of hydrogen-bond donors (Lipinski definition) is 2. The smallest absolute Gasteiger partial charge is 0.407 e. The number of hydrogen-bond acceptors (Lipinski definition) is 6. The molecule has 0 aromatic heterocycles. The minimum absolute atomic E-state index is 0.294. The van der Waals surface area contributed by atoms with E-state index in [4.69, 9.17) is 9.47 Å². The Kier molecular flexibility index (Phi) is 11.3. The second-order valence-corrected chi connectivity index (χ2v) is 12.0. The number of nitrogens with zero attached hydrogens (tertiary/aromatic N) is 1. The fourth-order valence-electron chi connectivity index (χ4n) is 5.09. The summed E-state index contributed by atoms with van der Waals surface area (Å²) in [5, 5.41) is 15.2. The number of ether oxygens (including phenoxy) is 2. The van der Waals surface area contributed by atoms with Crippen LogP contribution in [0.15, 0.2) is 103 Å². The molecule has 0 saturated carbocycles. The van der Waals surface area contributed by atoms with Crippen molar-refractivity contribution in [2.24, 2.45) is 5.92 Å². The van der Waals surface area contributed by atoms with Crippen molar-refractivity contribution in [1.29, 1.82) is 5.26 Å². The number of carbonyl (C=O) groups excluding carboxylic acids is 3. The summed E-state index contributed by atoms with van der Waals surface area (Å²) in [5.41, 5.74) is 4.97. The van der Waals surface area contributed by atoms with Crippen molar-refractivity contribution in [3.05, 3.63) is 131 Å². The highest BCUT2D eigenvalue weighted by atomic mass is 16.6. The zero-order valence-electron chi connectivity index (χ0n) is 26.6. The summed E-state index contributed by atoms with van der Waals surface area (Å²) in [7, 11) is 1.34. The SMILES string of the molecule is COC(=O)C(Cc1cccc(C#N)c1)C(Cc1ccccc1)NC(=O)c1ccc(-c2ccc(CNC(=O)OC(C)(C)C)cc2)cc1. The largest absolute Gasteiger partial charge is 0.469 e. The zero-order chi connectivity index (χ0) is 33.1. The number of carbonyl (C=O) groups is 3. The minimum atomic E-state index is -0.689. The van der Waals surface area contributed by atoms with Crippen molar-refractivity contribution in [2.45, 2.75) is 51.8 Å². The molecule has 0 bridgehead atoms. The standard InChI is InChI=1S/C38H39N3O5/c1-38(2,3)46-37(44)40-25-27-13-15-30(16-14-27)31-17-19-32(20-18-31)35(42)41-34(23-26-9-6-5-7-10-26)33(36(43)45-4)22-28-11-8-12-29(21-28)24-39/h5-21,33-34H,22-23,25H2,1-4H3,(H,40,44)(H,41,42). The topological polar surface area (TPSA) is 118 Å². The molecule has 2 atom stereocenters. The third-order valence-electron chi connectivity index (χ3n) is 7.39. The molecule has 0 saturated heterocycles. The minimum Gasteiger partial charge on any atom is -0.469 e. The van der Waals surface area contributed by atoms with Gasteiger partial charge in [-0.2, -0.15) is 5.26 Å². The summed E-state index contributed by atoms with van der Waals surface area (Å²) in [6, 6.07) is 33.4. The number of esters is 1. The molecule has 46 heavy (non-hydrogen) atoms. The Balaban J connectivity index is 1.49. The molecule has 4 aromatic carbocycles.